The van der Waals surface area contributed by atoms with Gasteiger partial charge in [-0.3, -0.25) is 10.9 Å². The molecule has 10 nitrogen and oxygen atoms in total. The number of hydrogen-bond acceptors (Lipinski definition) is 8. The van der Waals surface area contributed by atoms with Crippen LogP contribution in [0.4, 0.5) is 22.7 Å². The topological polar surface area (TPSA) is 117 Å². The SMILES string of the molecule is COc1cc(NN=C(N=Nc2ccccc2)c2ccccc2)ccc1-c1cc(NN=C(N=Nc2ccccc2)c2ccccc2)ccc1OC. The maximum Gasteiger partial charge on any atom is 0.201 e. The second kappa shape index (κ2) is 16.8. The number of ether oxygens (including phenoxy) is 2. The lowest BCUT2D eigenvalue weighted by atomic mass is 10.0. The molecule has 0 amide bonds. The van der Waals surface area contributed by atoms with E-state index in [0.29, 0.717) is 34.5 Å². The van der Waals surface area contributed by atoms with Gasteiger partial charge in [-0.05, 0) is 54.6 Å². The number of azo groups is 2. The van der Waals surface area contributed by atoms with E-state index < -0.39 is 0 Å². The van der Waals surface area contributed by atoms with Gasteiger partial charge in [0.1, 0.15) is 11.5 Å². The third-order valence-electron chi connectivity index (χ3n) is 7.37. The van der Waals surface area contributed by atoms with Crippen LogP contribution in [0.25, 0.3) is 11.1 Å². The summed E-state index contributed by atoms with van der Waals surface area (Å²) in [5.41, 5.74) is 12.4. The van der Waals surface area contributed by atoms with Crippen molar-refractivity contribution in [1.82, 2.24) is 0 Å². The van der Waals surface area contributed by atoms with E-state index >= 15 is 0 Å². The molecule has 0 radical (unpaired) electrons. The highest BCUT2D eigenvalue weighted by Gasteiger charge is 2.14. The van der Waals surface area contributed by atoms with Crippen LogP contribution in [0, 0.1) is 0 Å². The minimum Gasteiger partial charge on any atom is -0.496 e. The summed E-state index contributed by atoms with van der Waals surface area (Å²) in [6.07, 6.45) is 0. The van der Waals surface area contributed by atoms with Crippen LogP contribution >= 0.6 is 0 Å². The molecular weight excluding hydrogens is 624 g/mol. The molecular formula is C40H34N8O2. The van der Waals surface area contributed by atoms with Crippen molar-refractivity contribution < 1.29 is 9.47 Å². The molecule has 6 aromatic rings. The van der Waals surface area contributed by atoms with Crippen LogP contribution in [0.2, 0.25) is 0 Å². The van der Waals surface area contributed by atoms with E-state index in [9.17, 15) is 0 Å². The molecule has 6 rings (SSSR count). The Hall–Kier alpha value is -6.94. The van der Waals surface area contributed by atoms with Crippen molar-refractivity contribution in [3.63, 3.8) is 0 Å². The summed E-state index contributed by atoms with van der Waals surface area (Å²) >= 11 is 0. The fourth-order valence-electron chi connectivity index (χ4n) is 4.87. The van der Waals surface area contributed by atoms with Gasteiger partial charge in [0.15, 0.2) is 0 Å². The Bertz CT molecular complexity index is 2120. The number of methoxy groups -OCH3 is 2. The fourth-order valence-corrected chi connectivity index (χ4v) is 4.87. The largest absolute Gasteiger partial charge is 0.496 e. The van der Waals surface area contributed by atoms with Gasteiger partial charge in [-0.1, -0.05) is 97.1 Å². The first kappa shape index (κ1) is 33.0. The van der Waals surface area contributed by atoms with Crippen LogP contribution in [0.15, 0.2) is 188 Å². The first-order valence-corrected chi connectivity index (χ1v) is 15.8. The van der Waals surface area contributed by atoms with E-state index in [2.05, 4.69) is 41.5 Å². The molecule has 0 unspecified atom stereocenters. The highest BCUT2D eigenvalue weighted by molar-refractivity contribution is 6.00. The standard InChI is InChI=1S/C40H34N8O2/c1-49-37-26-24-33(43-47-39(29-15-7-3-8-16-29)45-41-31-19-11-5-12-20-31)27-36(37)35-25-23-34(28-38(35)50-2)44-48-40(30-17-9-4-10-18-30)46-42-32-21-13-6-14-22-32/h3-28,43-44H,1-2H3. The van der Waals surface area contributed by atoms with Gasteiger partial charge < -0.3 is 9.47 Å². The van der Waals surface area contributed by atoms with Crippen LogP contribution in [0.5, 0.6) is 11.5 Å². The molecule has 0 fully saturated rings. The molecule has 6 aromatic carbocycles. The van der Waals surface area contributed by atoms with Crippen molar-refractivity contribution in [1.29, 1.82) is 0 Å². The lowest BCUT2D eigenvalue weighted by Gasteiger charge is -2.15. The maximum absolute atomic E-state index is 5.85. The van der Waals surface area contributed by atoms with E-state index in [1.807, 2.05) is 158 Å². The van der Waals surface area contributed by atoms with E-state index in [1.165, 1.54) is 0 Å². The molecule has 0 saturated heterocycles. The van der Waals surface area contributed by atoms with Gasteiger partial charge in [0.2, 0.25) is 11.7 Å². The van der Waals surface area contributed by atoms with Gasteiger partial charge in [-0.25, -0.2) is 0 Å². The Balaban J connectivity index is 1.27. The molecule has 246 valence electrons. The first-order chi connectivity index (χ1) is 24.7. The molecule has 50 heavy (non-hydrogen) atoms. The fraction of sp³-hybridized carbons (Fsp3) is 0.0500. The van der Waals surface area contributed by atoms with Crippen LogP contribution < -0.4 is 20.3 Å². The predicted octanol–water partition coefficient (Wildman–Crippen LogP) is 10.5. The summed E-state index contributed by atoms with van der Waals surface area (Å²) in [4.78, 5) is 0. The number of nitrogens with zero attached hydrogens (tertiary/aromatic N) is 6. The predicted molar refractivity (Wildman–Crippen MR) is 200 cm³/mol. The van der Waals surface area contributed by atoms with E-state index in [-0.39, 0.29) is 0 Å². The summed E-state index contributed by atoms with van der Waals surface area (Å²) in [6.45, 7) is 0. The molecule has 0 aliphatic heterocycles. The van der Waals surface area contributed by atoms with Crippen molar-refractivity contribution in [3.8, 4) is 22.6 Å². The summed E-state index contributed by atoms with van der Waals surface area (Å²) in [7, 11) is 3.26. The van der Waals surface area contributed by atoms with Gasteiger partial charge in [0.05, 0.1) is 37.0 Å². The van der Waals surface area contributed by atoms with Crippen LogP contribution in [-0.4, -0.2) is 25.9 Å². The van der Waals surface area contributed by atoms with Crippen molar-refractivity contribution in [2.45, 2.75) is 0 Å². The van der Waals surface area contributed by atoms with Crippen LogP contribution in [0.1, 0.15) is 11.1 Å². The van der Waals surface area contributed by atoms with Gasteiger partial charge >= 0.3 is 0 Å². The number of hydrogen-bond donors (Lipinski definition) is 2. The van der Waals surface area contributed by atoms with Gasteiger partial charge in [-0.15, -0.1) is 20.5 Å². The molecule has 0 heterocycles. The number of benzene rings is 6. The van der Waals surface area contributed by atoms with Crippen molar-refractivity contribution in [3.05, 3.63) is 169 Å². The number of rotatable bonds is 11. The maximum atomic E-state index is 5.85. The van der Waals surface area contributed by atoms with Crippen LogP contribution in [-0.2, 0) is 0 Å². The average Bonchev–Trinajstić information content (AvgIpc) is 3.19. The molecule has 10 heteroatoms. The Morgan fingerprint density at radius 1 is 0.440 bits per heavy atom. The molecule has 0 atom stereocenters. The number of hydrazone groups is 2. The zero-order valence-corrected chi connectivity index (χ0v) is 27.5. The minimum absolute atomic E-state index is 0.427. The molecule has 0 aromatic heterocycles. The molecule has 0 aliphatic carbocycles. The van der Waals surface area contributed by atoms with E-state index in [4.69, 9.17) is 9.47 Å². The van der Waals surface area contributed by atoms with Gasteiger partial charge in [-0.2, -0.15) is 10.2 Å². The number of amidine groups is 2. The first-order valence-electron chi connectivity index (χ1n) is 15.8. The van der Waals surface area contributed by atoms with Crippen molar-refractivity contribution in [2.75, 3.05) is 25.1 Å². The normalized spacial score (nSPS) is 11.9. The summed E-state index contributed by atoms with van der Waals surface area (Å²) < 4.78 is 11.6. The Morgan fingerprint density at radius 3 is 1.36 bits per heavy atom. The summed E-state index contributed by atoms with van der Waals surface area (Å²) in [6, 6.07) is 49.8. The molecule has 0 spiro atoms. The van der Waals surface area contributed by atoms with Gasteiger partial charge in [0.25, 0.3) is 0 Å². The summed E-state index contributed by atoms with van der Waals surface area (Å²) in [5.74, 6) is 2.13. The lowest BCUT2D eigenvalue weighted by Crippen LogP contribution is -2.02. The number of nitrogens with one attached hydrogen (secondary N) is 2. The molecule has 0 saturated carbocycles. The van der Waals surface area contributed by atoms with Crippen LogP contribution in [0.3, 0.4) is 0 Å². The molecule has 2 N–H and O–H groups in total. The Kier molecular flexibility index (Phi) is 11.0. The third kappa shape index (κ3) is 8.69. The number of anilines is 2. The Labute approximate surface area is 290 Å². The van der Waals surface area contributed by atoms with E-state index in [1.54, 1.807) is 14.2 Å². The van der Waals surface area contributed by atoms with E-state index in [0.717, 1.165) is 33.6 Å². The highest BCUT2D eigenvalue weighted by atomic mass is 16.5. The quantitative estimate of drug-likeness (QED) is 0.0623. The van der Waals surface area contributed by atoms with Crippen molar-refractivity contribution in [2.24, 2.45) is 30.7 Å². The lowest BCUT2D eigenvalue weighted by molar-refractivity contribution is 0.410. The zero-order valence-electron chi connectivity index (χ0n) is 27.5. The summed E-state index contributed by atoms with van der Waals surface area (Å²) in [5, 5.41) is 26.8. The zero-order chi connectivity index (χ0) is 34.4. The van der Waals surface area contributed by atoms with Gasteiger partial charge in [0, 0.05) is 28.3 Å². The smallest absolute Gasteiger partial charge is 0.201 e. The minimum atomic E-state index is 0.427. The highest BCUT2D eigenvalue weighted by Crippen LogP contribution is 2.39. The second-order valence-corrected chi connectivity index (χ2v) is 10.7. The second-order valence-electron chi connectivity index (χ2n) is 10.7. The monoisotopic (exact) mass is 658 g/mol. The van der Waals surface area contributed by atoms with Crippen molar-refractivity contribution >= 4 is 34.4 Å². The Morgan fingerprint density at radius 2 is 0.880 bits per heavy atom. The average molecular weight is 659 g/mol. The molecule has 0 bridgehead atoms. The third-order valence-corrected chi connectivity index (χ3v) is 7.37. The molecule has 0 aliphatic rings.